The number of benzene rings is 2. The van der Waals surface area contributed by atoms with Gasteiger partial charge in [0.25, 0.3) is 0 Å². The third-order valence-electron chi connectivity index (χ3n) is 4.30. The number of aryl methyl sites for hydroxylation is 1. The van der Waals surface area contributed by atoms with Gasteiger partial charge in [-0.25, -0.2) is 8.78 Å². The van der Waals surface area contributed by atoms with E-state index in [9.17, 15) is 13.6 Å². The summed E-state index contributed by atoms with van der Waals surface area (Å²) in [6.45, 7) is 3.86. The Labute approximate surface area is 145 Å². The number of nitrogens with zero attached hydrogens (tertiary/aromatic N) is 1. The van der Waals surface area contributed by atoms with Crippen LogP contribution >= 0.6 is 0 Å². The van der Waals surface area contributed by atoms with E-state index in [1.54, 1.807) is 6.92 Å². The van der Waals surface area contributed by atoms with Crippen molar-refractivity contribution in [2.75, 3.05) is 0 Å². The third-order valence-corrected chi connectivity index (χ3v) is 4.30. The van der Waals surface area contributed by atoms with Crippen molar-refractivity contribution in [1.29, 1.82) is 0 Å². The summed E-state index contributed by atoms with van der Waals surface area (Å²) < 4.78 is 29.4. The van der Waals surface area contributed by atoms with Gasteiger partial charge in [0, 0.05) is 22.8 Å². The van der Waals surface area contributed by atoms with Crippen molar-refractivity contribution in [2.24, 2.45) is 0 Å². The van der Waals surface area contributed by atoms with E-state index < -0.39 is 11.6 Å². The van der Waals surface area contributed by atoms with Gasteiger partial charge in [0.05, 0.1) is 0 Å². The second kappa shape index (κ2) is 7.05. The molecule has 0 aliphatic rings. The zero-order valence-electron chi connectivity index (χ0n) is 14.2. The average Bonchev–Trinajstić information content (AvgIpc) is 2.87. The number of aromatic nitrogens is 1. The van der Waals surface area contributed by atoms with Crippen LogP contribution in [0.15, 0.2) is 48.5 Å². The van der Waals surface area contributed by atoms with Gasteiger partial charge in [-0.2, -0.15) is 0 Å². The molecule has 5 heteroatoms. The van der Waals surface area contributed by atoms with E-state index in [1.165, 1.54) is 18.2 Å². The first kappa shape index (κ1) is 17.1. The van der Waals surface area contributed by atoms with Crippen LogP contribution in [0.3, 0.4) is 0 Å². The van der Waals surface area contributed by atoms with Crippen LogP contribution < -0.4 is 5.32 Å². The minimum absolute atomic E-state index is 0.00195. The van der Waals surface area contributed by atoms with E-state index in [1.807, 2.05) is 41.8 Å². The Bertz CT molecular complexity index is 897. The van der Waals surface area contributed by atoms with Gasteiger partial charge in [0.2, 0.25) is 5.91 Å². The highest BCUT2D eigenvalue weighted by Crippen LogP contribution is 2.19. The molecule has 0 unspecified atom stereocenters. The SMILES string of the molecule is Cc1cc2ccccc2n1CC(=O)N[C@@H](C)Cc1c(F)cccc1F. The van der Waals surface area contributed by atoms with Crippen molar-refractivity contribution in [1.82, 2.24) is 9.88 Å². The second-order valence-corrected chi connectivity index (χ2v) is 6.30. The van der Waals surface area contributed by atoms with Crippen molar-refractivity contribution in [3.8, 4) is 0 Å². The molecule has 1 aromatic heterocycles. The van der Waals surface area contributed by atoms with Gasteiger partial charge >= 0.3 is 0 Å². The smallest absolute Gasteiger partial charge is 0.240 e. The molecule has 2 aromatic carbocycles. The van der Waals surface area contributed by atoms with Crippen LogP contribution in [-0.2, 0) is 17.8 Å². The molecule has 0 radical (unpaired) electrons. The van der Waals surface area contributed by atoms with Crippen molar-refractivity contribution in [3.63, 3.8) is 0 Å². The van der Waals surface area contributed by atoms with Crippen LogP contribution in [0.5, 0.6) is 0 Å². The van der Waals surface area contributed by atoms with Crippen LogP contribution in [0.2, 0.25) is 0 Å². The van der Waals surface area contributed by atoms with Gasteiger partial charge in [0.15, 0.2) is 0 Å². The fourth-order valence-corrected chi connectivity index (χ4v) is 3.11. The summed E-state index contributed by atoms with van der Waals surface area (Å²) in [4.78, 5) is 12.4. The van der Waals surface area contributed by atoms with Crippen LogP contribution in [0.25, 0.3) is 10.9 Å². The fraction of sp³-hybridized carbons (Fsp3) is 0.250. The normalized spacial score (nSPS) is 12.3. The number of carbonyl (C=O) groups is 1. The van der Waals surface area contributed by atoms with E-state index in [4.69, 9.17) is 0 Å². The highest BCUT2D eigenvalue weighted by Gasteiger charge is 2.15. The molecule has 130 valence electrons. The predicted molar refractivity (Wildman–Crippen MR) is 94.3 cm³/mol. The second-order valence-electron chi connectivity index (χ2n) is 6.30. The summed E-state index contributed by atoms with van der Waals surface area (Å²) in [5.41, 5.74) is 1.98. The maximum Gasteiger partial charge on any atom is 0.240 e. The lowest BCUT2D eigenvalue weighted by Crippen LogP contribution is -2.36. The highest BCUT2D eigenvalue weighted by molar-refractivity contribution is 5.84. The number of fused-ring (bicyclic) bond motifs is 1. The Morgan fingerprint density at radius 1 is 1.12 bits per heavy atom. The molecule has 1 atom stereocenters. The molecule has 0 bridgehead atoms. The Balaban J connectivity index is 1.69. The lowest BCUT2D eigenvalue weighted by atomic mass is 10.1. The zero-order valence-corrected chi connectivity index (χ0v) is 14.2. The van der Waals surface area contributed by atoms with E-state index in [-0.39, 0.29) is 30.5 Å². The molecule has 0 aliphatic carbocycles. The molecule has 1 amide bonds. The molecule has 3 rings (SSSR count). The van der Waals surface area contributed by atoms with Crippen molar-refractivity contribution in [2.45, 2.75) is 32.9 Å². The summed E-state index contributed by atoms with van der Waals surface area (Å²) in [6, 6.07) is 13.3. The van der Waals surface area contributed by atoms with Gasteiger partial charge < -0.3 is 9.88 Å². The van der Waals surface area contributed by atoms with Crippen molar-refractivity contribution < 1.29 is 13.6 Å². The maximum atomic E-state index is 13.7. The van der Waals surface area contributed by atoms with Crippen LogP contribution in [-0.4, -0.2) is 16.5 Å². The zero-order chi connectivity index (χ0) is 18.0. The van der Waals surface area contributed by atoms with Gasteiger partial charge in [-0.05, 0) is 49.9 Å². The van der Waals surface area contributed by atoms with Crippen LogP contribution in [0.4, 0.5) is 8.78 Å². The Morgan fingerprint density at radius 3 is 2.52 bits per heavy atom. The first-order chi connectivity index (χ1) is 12.0. The van der Waals surface area contributed by atoms with Crippen LogP contribution in [0, 0.1) is 18.6 Å². The Kier molecular flexibility index (Phi) is 4.83. The molecule has 1 heterocycles. The molecule has 0 spiro atoms. The Hall–Kier alpha value is -2.69. The molecule has 0 saturated carbocycles. The molecule has 1 N–H and O–H groups in total. The molecule has 0 aliphatic heterocycles. The monoisotopic (exact) mass is 342 g/mol. The number of carbonyl (C=O) groups excluding carboxylic acids is 1. The van der Waals surface area contributed by atoms with Crippen molar-refractivity contribution >= 4 is 16.8 Å². The van der Waals surface area contributed by atoms with E-state index >= 15 is 0 Å². The van der Waals surface area contributed by atoms with E-state index in [2.05, 4.69) is 5.32 Å². The predicted octanol–water partition coefficient (Wildman–Crippen LogP) is 3.98. The first-order valence-electron chi connectivity index (χ1n) is 8.23. The minimum atomic E-state index is -0.589. The third kappa shape index (κ3) is 3.71. The maximum absolute atomic E-state index is 13.7. The minimum Gasteiger partial charge on any atom is -0.352 e. The average molecular weight is 342 g/mol. The van der Waals surface area contributed by atoms with Crippen molar-refractivity contribution in [3.05, 3.63) is 71.4 Å². The van der Waals surface area contributed by atoms with E-state index in [0.29, 0.717) is 0 Å². The van der Waals surface area contributed by atoms with Gasteiger partial charge in [-0.1, -0.05) is 24.3 Å². The number of halogens is 2. The quantitative estimate of drug-likeness (QED) is 0.748. The van der Waals surface area contributed by atoms with Gasteiger partial charge in [-0.3, -0.25) is 4.79 Å². The molecule has 3 nitrogen and oxygen atoms in total. The molecular weight excluding hydrogens is 322 g/mol. The standard InChI is InChI=1S/C20H20F2N2O/c1-13(10-16-17(21)7-5-8-18(16)22)23-20(25)12-24-14(2)11-15-6-3-4-9-19(15)24/h3-9,11,13H,10,12H2,1-2H3,(H,23,25)/t13-/m0/s1. The summed E-state index contributed by atoms with van der Waals surface area (Å²) >= 11 is 0. The van der Waals surface area contributed by atoms with Gasteiger partial charge in [0.1, 0.15) is 18.2 Å². The summed E-state index contributed by atoms with van der Waals surface area (Å²) in [6.07, 6.45) is 0.107. The number of para-hydroxylation sites is 1. The molecule has 0 fully saturated rings. The number of nitrogens with one attached hydrogen (secondary N) is 1. The molecule has 25 heavy (non-hydrogen) atoms. The number of amides is 1. The molecular formula is C20H20F2N2O. The number of hydrogen-bond donors (Lipinski definition) is 1. The lowest BCUT2D eigenvalue weighted by molar-refractivity contribution is -0.122. The summed E-state index contributed by atoms with van der Waals surface area (Å²) in [5, 5.41) is 3.90. The Morgan fingerprint density at radius 2 is 1.80 bits per heavy atom. The molecule has 3 aromatic rings. The lowest BCUT2D eigenvalue weighted by Gasteiger charge is -2.16. The first-order valence-corrected chi connectivity index (χ1v) is 8.23. The number of rotatable bonds is 5. The highest BCUT2D eigenvalue weighted by atomic mass is 19.1. The summed E-state index contributed by atoms with van der Waals surface area (Å²) in [7, 11) is 0. The molecule has 0 saturated heterocycles. The summed E-state index contributed by atoms with van der Waals surface area (Å²) in [5.74, 6) is -1.37. The van der Waals surface area contributed by atoms with Crippen LogP contribution in [0.1, 0.15) is 18.2 Å². The number of hydrogen-bond acceptors (Lipinski definition) is 1. The van der Waals surface area contributed by atoms with E-state index in [0.717, 1.165) is 16.6 Å². The fourth-order valence-electron chi connectivity index (χ4n) is 3.11. The van der Waals surface area contributed by atoms with Gasteiger partial charge in [-0.15, -0.1) is 0 Å². The largest absolute Gasteiger partial charge is 0.352 e. The topological polar surface area (TPSA) is 34.0 Å².